The van der Waals surface area contributed by atoms with Crippen LogP contribution in [0.2, 0.25) is 0 Å². The van der Waals surface area contributed by atoms with Crippen molar-refractivity contribution in [2.75, 3.05) is 13.1 Å². The van der Waals surface area contributed by atoms with E-state index in [1.165, 1.54) is 0 Å². The van der Waals surface area contributed by atoms with Gasteiger partial charge in [-0.05, 0) is 38.8 Å². The third-order valence-electron chi connectivity index (χ3n) is 3.72. The normalized spacial score (nSPS) is 24.5. The van der Waals surface area contributed by atoms with Crippen LogP contribution in [-0.2, 0) is 12.2 Å². The van der Waals surface area contributed by atoms with Gasteiger partial charge in [-0.2, -0.15) is 5.10 Å². The molecule has 0 radical (unpaired) electrons. The molecule has 96 valence electrons. The first-order valence-electron chi connectivity index (χ1n) is 6.58. The van der Waals surface area contributed by atoms with Gasteiger partial charge in [0, 0.05) is 25.2 Å². The highest BCUT2D eigenvalue weighted by Gasteiger charge is 2.39. The van der Waals surface area contributed by atoms with Gasteiger partial charge < -0.3 is 5.32 Å². The van der Waals surface area contributed by atoms with Crippen molar-refractivity contribution in [1.29, 1.82) is 0 Å². The molecule has 1 saturated heterocycles. The lowest BCUT2D eigenvalue weighted by molar-refractivity contribution is 0.0710. The first-order valence-corrected chi connectivity index (χ1v) is 6.58. The summed E-state index contributed by atoms with van der Waals surface area (Å²) in [6.07, 6.45) is 4.70. The number of rotatable bonds is 4. The van der Waals surface area contributed by atoms with Crippen LogP contribution in [0.1, 0.15) is 38.8 Å². The molecule has 0 spiro atoms. The van der Waals surface area contributed by atoms with E-state index >= 15 is 4.39 Å². The van der Waals surface area contributed by atoms with Gasteiger partial charge in [-0.3, -0.25) is 4.68 Å². The number of aryl methyl sites for hydroxylation is 1. The van der Waals surface area contributed by atoms with Gasteiger partial charge >= 0.3 is 0 Å². The zero-order valence-corrected chi connectivity index (χ0v) is 10.7. The highest BCUT2D eigenvalue weighted by atomic mass is 19.1. The highest BCUT2D eigenvalue weighted by molar-refractivity contribution is 5.13. The number of halogens is 1. The molecule has 1 N–H and O–H groups in total. The van der Waals surface area contributed by atoms with Crippen molar-refractivity contribution in [1.82, 2.24) is 15.1 Å². The second-order valence-electron chi connectivity index (χ2n) is 5.06. The minimum atomic E-state index is -1.28. The molecule has 1 aliphatic heterocycles. The summed E-state index contributed by atoms with van der Waals surface area (Å²) in [5.41, 5.74) is -0.549. The summed E-state index contributed by atoms with van der Waals surface area (Å²) >= 11 is 0. The van der Waals surface area contributed by atoms with E-state index in [1.54, 1.807) is 13.1 Å². The van der Waals surface area contributed by atoms with E-state index in [-0.39, 0.29) is 5.92 Å². The molecule has 0 bridgehead atoms. The molecule has 4 heteroatoms. The number of hydrogen-bond acceptors (Lipinski definition) is 2. The first-order chi connectivity index (χ1) is 8.16. The van der Waals surface area contributed by atoms with Crippen LogP contribution in [0.5, 0.6) is 0 Å². The number of nitrogens with one attached hydrogen (secondary N) is 1. The molecule has 0 aromatic carbocycles. The molecular weight excluding hydrogens is 217 g/mol. The molecule has 0 aliphatic carbocycles. The lowest BCUT2D eigenvalue weighted by atomic mass is 9.82. The van der Waals surface area contributed by atoms with Crippen LogP contribution in [0.15, 0.2) is 12.3 Å². The van der Waals surface area contributed by atoms with E-state index in [2.05, 4.69) is 17.3 Å². The molecule has 17 heavy (non-hydrogen) atoms. The Bertz CT molecular complexity index is 353. The van der Waals surface area contributed by atoms with Gasteiger partial charge in [0.25, 0.3) is 0 Å². The number of alkyl halides is 1. The second kappa shape index (κ2) is 5.17. The van der Waals surface area contributed by atoms with E-state index in [1.807, 2.05) is 10.7 Å². The summed E-state index contributed by atoms with van der Waals surface area (Å²) in [6.45, 7) is 6.37. The summed E-state index contributed by atoms with van der Waals surface area (Å²) in [6, 6.07) is 1.82. The van der Waals surface area contributed by atoms with Gasteiger partial charge in [-0.25, -0.2) is 4.39 Å². The smallest absolute Gasteiger partial charge is 0.153 e. The Balaban J connectivity index is 2.20. The topological polar surface area (TPSA) is 29.9 Å². The third kappa shape index (κ3) is 2.51. The summed E-state index contributed by atoms with van der Waals surface area (Å²) in [7, 11) is 0. The fourth-order valence-electron chi connectivity index (χ4n) is 2.66. The minimum absolute atomic E-state index is 0.0588. The van der Waals surface area contributed by atoms with Gasteiger partial charge in [0.05, 0.1) is 5.69 Å². The fourth-order valence-corrected chi connectivity index (χ4v) is 2.66. The Hall–Kier alpha value is -0.900. The molecule has 2 unspecified atom stereocenters. The Morgan fingerprint density at radius 2 is 2.47 bits per heavy atom. The van der Waals surface area contributed by atoms with E-state index < -0.39 is 5.67 Å². The molecular formula is C13H22FN3. The van der Waals surface area contributed by atoms with Gasteiger partial charge in [-0.1, -0.05) is 6.92 Å². The third-order valence-corrected chi connectivity index (χ3v) is 3.72. The molecule has 3 nitrogen and oxygen atoms in total. The molecule has 0 saturated carbocycles. The average molecular weight is 239 g/mol. The van der Waals surface area contributed by atoms with Crippen molar-refractivity contribution in [2.45, 2.75) is 45.3 Å². The standard InChI is InChI=1S/C13H22FN3/c1-3-9-17-12(6-8-16-17)13(2,14)11-5-4-7-15-10-11/h6,8,11,15H,3-5,7,9-10H2,1-2H3. The lowest BCUT2D eigenvalue weighted by Gasteiger charge is -2.34. The van der Waals surface area contributed by atoms with Gasteiger partial charge in [0.1, 0.15) is 0 Å². The molecule has 1 aliphatic rings. The average Bonchev–Trinajstić information content (AvgIpc) is 2.80. The summed E-state index contributed by atoms with van der Waals surface area (Å²) in [5, 5.41) is 7.51. The first kappa shape index (κ1) is 12.6. The van der Waals surface area contributed by atoms with E-state index in [4.69, 9.17) is 0 Å². The van der Waals surface area contributed by atoms with Crippen molar-refractivity contribution in [3.63, 3.8) is 0 Å². The van der Waals surface area contributed by atoms with Crippen LogP contribution in [0.4, 0.5) is 4.39 Å². The van der Waals surface area contributed by atoms with Crippen molar-refractivity contribution in [2.24, 2.45) is 5.92 Å². The summed E-state index contributed by atoms with van der Waals surface area (Å²) in [5.74, 6) is 0.0588. The van der Waals surface area contributed by atoms with Crippen LogP contribution in [0.25, 0.3) is 0 Å². The van der Waals surface area contributed by atoms with Crippen LogP contribution in [0, 0.1) is 5.92 Å². The Labute approximate surface area is 102 Å². The van der Waals surface area contributed by atoms with E-state index in [0.29, 0.717) is 0 Å². The predicted molar refractivity (Wildman–Crippen MR) is 66.6 cm³/mol. The van der Waals surface area contributed by atoms with Gasteiger partial charge in [0.2, 0.25) is 0 Å². The van der Waals surface area contributed by atoms with Crippen LogP contribution >= 0.6 is 0 Å². The summed E-state index contributed by atoms with van der Waals surface area (Å²) in [4.78, 5) is 0. The maximum absolute atomic E-state index is 15.0. The molecule has 1 aromatic rings. The van der Waals surface area contributed by atoms with Crippen molar-refractivity contribution < 1.29 is 4.39 Å². The van der Waals surface area contributed by atoms with Crippen LogP contribution < -0.4 is 5.32 Å². The number of piperidine rings is 1. The Morgan fingerprint density at radius 1 is 1.65 bits per heavy atom. The largest absolute Gasteiger partial charge is 0.316 e. The molecule has 2 rings (SSSR count). The van der Waals surface area contributed by atoms with Crippen molar-refractivity contribution in [3.8, 4) is 0 Å². The van der Waals surface area contributed by atoms with Crippen LogP contribution in [-0.4, -0.2) is 22.9 Å². The predicted octanol–water partition coefficient (Wildman–Crippen LogP) is 2.48. The zero-order chi connectivity index (χ0) is 12.3. The number of nitrogens with zero attached hydrogens (tertiary/aromatic N) is 2. The minimum Gasteiger partial charge on any atom is -0.316 e. The number of aromatic nitrogens is 2. The summed E-state index contributed by atoms with van der Waals surface area (Å²) < 4.78 is 16.8. The molecule has 0 amide bonds. The maximum atomic E-state index is 15.0. The monoisotopic (exact) mass is 239 g/mol. The quantitative estimate of drug-likeness (QED) is 0.874. The SMILES string of the molecule is CCCn1nccc1C(C)(F)C1CCCNC1. The van der Waals surface area contributed by atoms with E-state index in [0.717, 1.165) is 44.6 Å². The maximum Gasteiger partial charge on any atom is 0.153 e. The van der Waals surface area contributed by atoms with Crippen molar-refractivity contribution in [3.05, 3.63) is 18.0 Å². The zero-order valence-electron chi connectivity index (χ0n) is 10.7. The van der Waals surface area contributed by atoms with E-state index in [9.17, 15) is 0 Å². The fraction of sp³-hybridized carbons (Fsp3) is 0.769. The van der Waals surface area contributed by atoms with Gasteiger partial charge in [0.15, 0.2) is 5.67 Å². The molecule has 1 fully saturated rings. The van der Waals surface area contributed by atoms with Gasteiger partial charge in [-0.15, -0.1) is 0 Å². The Morgan fingerprint density at radius 3 is 3.12 bits per heavy atom. The lowest BCUT2D eigenvalue weighted by Crippen LogP contribution is -2.41. The van der Waals surface area contributed by atoms with Crippen LogP contribution in [0.3, 0.4) is 0 Å². The highest BCUT2D eigenvalue weighted by Crippen LogP contribution is 2.37. The molecule has 2 atom stereocenters. The number of hydrogen-bond donors (Lipinski definition) is 1. The molecule has 1 aromatic heterocycles. The Kier molecular flexibility index (Phi) is 3.82. The van der Waals surface area contributed by atoms with Crippen molar-refractivity contribution >= 4 is 0 Å². The second-order valence-corrected chi connectivity index (χ2v) is 5.06. The molecule has 2 heterocycles.